The zero-order chi connectivity index (χ0) is 16.5. The number of nitrogens with one attached hydrogen (secondary N) is 3. The Balaban J connectivity index is 2.32. The Hall–Kier alpha value is -2.12. The number of amides is 3. The summed E-state index contributed by atoms with van der Waals surface area (Å²) in [5.74, 6) is -0.825. The molecule has 1 rings (SSSR count). The van der Waals surface area contributed by atoms with Crippen molar-refractivity contribution in [2.24, 2.45) is 0 Å². The van der Waals surface area contributed by atoms with Crippen LogP contribution in [-0.4, -0.2) is 44.4 Å². The monoisotopic (exact) mass is 327 g/mol. The van der Waals surface area contributed by atoms with Crippen LogP contribution in [0.5, 0.6) is 0 Å². The van der Waals surface area contributed by atoms with Gasteiger partial charge in [-0.15, -0.1) is 0 Å². The summed E-state index contributed by atoms with van der Waals surface area (Å²) in [5.41, 5.74) is 1.38. The van der Waals surface area contributed by atoms with E-state index in [4.69, 9.17) is 11.6 Å². The van der Waals surface area contributed by atoms with Crippen molar-refractivity contribution in [2.75, 3.05) is 32.0 Å². The van der Waals surface area contributed by atoms with Gasteiger partial charge in [-0.2, -0.15) is 0 Å². The van der Waals surface area contributed by atoms with Gasteiger partial charge in [-0.1, -0.05) is 17.7 Å². The number of hydrogen-bond donors (Lipinski definition) is 4. The molecule has 0 heterocycles. The lowest BCUT2D eigenvalue weighted by molar-refractivity contribution is -0.633. The van der Waals surface area contributed by atoms with Crippen LogP contribution in [0.3, 0.4) is 0 Å². The topological polar surface area (TPSA) is 104 Å². The molecule has 0 radical (unpaired) electrons. The summed E-state index contributed by atoms with van der Waals surface area (Å²) < 4.78 is 0. The highest BCUT2D eigenvalue weighted by molar-refractivity contribution is 6.31. The molecule has 0 unspecified atom stereocenters. The van der Waals surface area contributed by atoms with Crippen LogP contribution in [-0.2, 0) is 14.4 Å². The van der Waals surface area contributed by atoms with Crippen molar-refractivity contribution in [1.82, 2.24) is 10.6 Å². The molecule has 0 spiro atoms. The molecule has 1 aromatic carbocycles. The highest BCUT2D eigenvalue weighted by Crippen LogP contribution is 2.22. The van der Waals surface area contributed by atoms with Crippen LogP contribution in [0.2, 0.25) is 5.02 Å². The number of quaternary nitrogens is 1. The Morgan fingerprint density at radius 2 is 1.82 bits per heavy atom. The highest BCUT2D eigenvalue weighted by Gasteiger charge is 2.10. The number of nitrogens with two attached hydrogens (primary N) is 1. The number of anilines is 1. The Morgan fingerprint density at radius 1 is 1.14 bits per heavy atom. The molecule has 0 fully saturated rings. The van der Waals surface area contributed by atoms with Crippen LogP contribution in [0.1, 0.15) is 5.56 Å². The van der Waals surface area contributed by atoms with E-state index < -0.39 is 0 Å². The fourth-order valence-corrected chi connectivity index (χ4v) is 1.80. The van der Waals surface area contributed by atoms with Crippen molar-refractivity contribution < 1.29 is 19.7 Å². The van der Waals surface area contributed by atoms with Gasteiger partial charge in [0, 0.05) is 17.8 Å². The number of hydrogen-bond acceptors (Lipinski definition) is 3. The van der Waals surface area contributed by atoms with Crippen LogP contribution in [0.15, 0.2) is 18.2 Å². The number of halogens is 1. The molecule has 0 aliphatic heterocycles. The third kappa shape index (κ3) is 6.11. The van der Waals surface area contributed by atoms with E-state index in [1.165, 1.54) is 7.05 Å². The van der Waals surface area contributed by atoms with Crippen LogP contribution in [0.25, 0.3) is 0 Å². The summed E-state index contributed by atoms with van der Waals surface area (Å²) in [6.45, 7) is 1.90. The van der Waals surface area contributed by atoms with Crippen molar-refractivity contribution in [3.05, 3.63) is 28.8 Å². The number of rotatable bonds is 7. The molecule has 1 aromatic rings. The molecule has 0 atom stereocenters. The highest BCUT2D eigenvalue weighted by atomic mass is 35.5. The molecule has 7 nitrogen and oxygen atoms in total. The first-order valence-corrected chi connectivity index (χ1v) is 7.15. The number of carbonyl (C=O) groups excluding carboxylic acids is 3. The second kappa shape index (κ2) is 9.01. The van der Waals surface area contributed by atoms with Crippen molar-refractivity contribution in [3.8, 4) is 0 Å². The van der Waals surface area contributed by atoms with Crippen molar-refractivity contribution >= 4 is 35.0 Å². The van der Waals surface area contributed by atoms with Crippen LogP contribution < -0.4 is 21.3 Å². The van der Waals surface area contributed by atoms with Gasteiger partial charge in [-0.05, 0) is 24.6 Å². The predicted molar refractivity (Wildman–Crippen MR) is 83.6 cm³/mol. The summed E-state index contributed by atoms with van der Waals surface area (Å²) in [6.07, 6.45) is 0. The van der Waals surface area contributed by atoms with Gasteiger partial charge >= 0.3 is 0 Å². The SMILES string of the molecule is CNC(=O)C[NH2+]CC(=O)NCC(=O)Nc1cccc(Cl)c1C. The van der Waals surface area contributed by atoms with E-state index in [1.54, 1.807) is 30.4 Å². The van der Waals surface area contributed by atoms with Gasteiger partial charge in [0.05, 0.1) is 6.54 Å². The van der Waals surface area contributed by atoms with E-state index in [1.807, 2.05) is 0 Å². The molecule has 0 aromatic heterocycles. The molecule has 0 saturated carbocycles. The molecule has 0 saturated heterocycles. The van der Waals surface area contributed by atoms with Crippen molar-refractivity contribution in [3.63, 3.8) is 0 Å². The Labute approximate surface area is 133 Å². The van der Waals surface area contributed by atoms with E-state index in [-0.39, 0.29) is 37.4 Å². The van der Waals surface area contributed by atoms with Gasteiger partial charge in [0.25, 0.3) is 11.8 Å². The average molecular weight is 328 g/mol. The normalized spacial score (nSPS) is 9.95. The Bertz CT molecular complexity index is 563. The first-order valence-electron chi connectivity index (χ1n) is 6.78. The standard InChI is InChI=1S/C14H19ClN4O3/c1-9-10(15)4-3-5-11(9)19-14(22)8-18-13(21)7-17-6-12(20)16-2/h3-5,17H,6-8H2,1-2H3,(H,16,20)(H,18,21)(H,19,22)/p+1. The quantitative estimate of drug-likeness (QED) is 0.517. The van der Waals surface area contributed by atoms with Gasteiger partial charge in [-0.25, -0.2) is 0 Å². The zero-order valence-electron chi connectivity index (χ0n) is 12.5. The molecule has 5 N–H and O–H groups in total. The summed E-state index contributed by atoms with van der Waals surface area (Å²) >= 11 is 5.96. The summed E-state index contributed by atoms with van der Waals surface area (Å²) in [4.78, 5) is 34.3. The first kappa shape index (κ1) is 17.9. The maximum Gasteiger partial charge on any atom is 0.275 e. The molecule has 0 aliphatic rings. The summed E-state index contributed by atoms with van der Waals surface area (Å²) in [5, 5.41) is 9.72. The molecule has 120 valence electrons. The smallest absolute Gasteiger partial charge is 0.275 e. The lowest BCUT2D eigenvalue weighted by atomic mass is 10.2. The fourth-order valence-electron chi connectivity index (χ4n) is 1.62. The summed E-state index contributed by atoms with van der Waals surface area (Å²) in [6, 6.07) is 5.20. The minimum atomic E-state index is -0.343. The fraction of sp³-hybridized carbons (Fsp3) is 0.357. The average Bonchev–Trinajstić information content (AvgIpc) is 2.49. The molecular formula is C14H20ClN4O3+. The van der Waals surface area contributed by atoms with Gasteiger partial charge < -0.3 is 21.3 Å². The largest absolute Gasteiger partial charge is 0.354 e. The van der Waals surface area contributed by atoms with Crippen LogP contribution in [0.4, 0.5) is 5.69 Å². The Kier molecular flexibility index (Phi) is 7.34. The maximum absolute atomic E-state index is 11.8. The third-order valence-corrected chi connectivity index (χ3v) is 3.34. The summed E-state index contributed by atoms with van der Waals surface area (Å²) in [7, 11) is 1.53. The molecule has 3 amide bonds. The van der Waals surface area contributed by atoms with Gasteiger partial charge in [0.2, 0.25) is 5.91 Å². The lowest BCUT2D eigenvalue weighted by Crippen LogP contribution is -2.88. The second-order valence-electron chi connectivity index (χ2n) is 4.61. The molecule has 8 heteroatoms. The van der Waals surface area contributed by atoms with Crippen molar-refractivity contribution in [1.29, 1.82) is 0 Å². The molecule has 0 aliphatic carbocycles. The third-order valence-electron chi connectivity index (χ3n) is 2.93. The minimum absolute atomic E-state index is 0.0803. The van der Waals surface area contributed by atoms with Crippen LogP contribution >= 0.6 is 11.6 Å². The van der Waals surface area contributed by atoms with E-state index >= 15 is 0 Å². The van der Waals surface area contributed by atoms with Gasteiger partial charge in [0.15, 0.2) is 13.1 Å². The second-order valence-corrected chi connectivity index (χ2v) is 5.01. The molecule has 0 bridgehead atoms. The van der Waals surface area contributed by atoms with E-state index in [0.29, 0.717) is 10.7 Å². The number of carbonyl (C=O) groups is 3. The van der Waals surface area contributed by atoms with E-state index in [9.17, 15) is 14.4 Å². The van der Waals surface area contributed by atoms with E-state index in [2.05, 4.69) is 16.0 Å². The number of likely N-dealkylation sites (N-methyl/N-ethyl adjacent to an activating group) is 1. The predicted octanol–water partition coefficient (Wildman–Crippen LogP) is -0.987. The van der Waals surface area contributed by atoms with Gasteiger partial charge in [0.1, 0.15) is 0 Å². The molecular weight excluding hydrogens is 308 g/mol. The Morgan fingerprint density at radius 3 is 2.50 bits per heavy atom. The first-order chi connectivity index (χ1) is 10.4. The van der Waals surface area contributed by atoms with Crippen LogP contribution in [0, 0.1) is 6.92 Å². The molecule has 22 heavy (non-hydrogen) atoms. The van der Waals surface area contributed by atoms with E-state index in [0.717, 1.165) is 5.56 Å². The lowest BCUT2D eigenvalue weighted by Gasteiger charge is -2.10. The zero-order valence-corrected chi connectivity index (χ0v) is 13.3. The number of benzene rings is 1. The minimum Gasteiger partial charge on any atom is -0.354 e. The maximum atomic E-state index is 11.8. The van der Waals surface area contributed by atoms with Gasteiger partial charge in [-0.3, -0.25) is 14.4 Å². The van der Waals surface area contributed by atoms with Crippen molar-refractivity contribution in [2.45, 2.75) is 6.92 Å².